The second-order valence-electron chi connectivity index (χ2n) is 6.23. The fourth-order valence-electron chi connectivity index (χ4n) is 3.41. The number of benzene rings is 3. The molecule has 0 unspecified atom stereocenters. The smallest absolute Gasteiger partial charge is 0.411 e. The maximum atomic E-state index is 12.3. The van der Waals surface area contributed by atoms with E-state index in [-0.39, 0.29) is 24.0 Å². The third-order valence-electron chi connectivity index (χ3n) is 4.61. The van der Waals surface area contributed by atoms with E-state index in [2.05, 4.69) is 45.5 Å². The minimum atomic E-state index is -0.652. The highest BCUT2D eigenvalue weighted by Crippen LogP contribution is 2.44. The van der Waals surface area contributed by atoms with Gasteiger partial charge < -0.3 is 9.84 Å². The first-order valence-corrected chi connectivity index (χ1v) is 9.51. The number of rotatable bonds is 3. The lowest BCUT2D eigenvalue weighted by atomic mass is 9.98. The van der Waals surface area contributed by atoms with Crippen LogP contribution in [0.5, 0.6) is 5.75 Å². The second kappa shape index (κ2) is 7.25. The summed E-state index contributed by atoms with van der Waals surface area (Å²) in [6, 6.07) is 19.3. The first-order chi connectivity index (χ1) is 13.0. The van der Waals surface area contributed by atoms with E-state index >= 15 is 0 Å². The lowest BCUT2D eigenvalue weighted by molar-refractivity contribution is 0.158. The van der Waals surface area contributed by atoms with Gasteiger partial charge in [0.05, 0.1) is 10.2 Å². The molecule has 0 saturated carbocycles. The van der Waals surface area contributed by atoms with E-state index in [1.54, 1.807) is 6.07 Å². The van der Waals surface area contributed by atoms with E-state index in [0.29, 0.717) is 9.50 Å². The summed E-state index contributed by atoms with van der Waals surface area (Å²) in [5.41, 5.74) is 4.79. The number of halogens is 2. The third-order valence-corrected chi connectivity index (χ3v) is 5.43. The highest BCUT2D eigenvalue weighted by molar-refractivity contribution is 9.10. The van der Waals surface area contributed by atoms with Crippen LogP contribution < -0.4 is 5.32 Å². The van der Waals surface area contributed by atoms with Crippen LogP contribution in [-0.2, 0) is 4.74 Å². The maximum Gasteiger partial charge on any atom is 0.411 e. The Morgan fingerprint density at radius 2 is 1.67 bits per heavy atom. The number of fused-ring (bicyclic) bond motifs is 3. The SMILES string of the molecule is O=C(Nc1cc(Cl)cc(Br)c1O)OCC1c2ccccc2-c2ccccc21. The van der Waals surface area contributed by atoms with Gasteiger partial charge >= 0.3 is 6.09 Å². The van der Waals surface area contributed by atoms with Gasteiger partial charge in [0.15, 0.2) is 5.75 Å². The van der Waals surface area contributed by atoms with E-state index in [0.717, 1.165) is 11.1 Å². The van der Waals surface area contributed by atoms with Gasteiger partial charge in [0, 0.05) is 10.9 Å². The first-order valence-electron chi connectivity index (χ1n) is 8.34. The highest BCUT2D eigenvalue weighted by Gasteiger charge is 2.29. The van der Waals surface area contributed by atoms with Crippen LogP contribution in [0.3, 0.4) is 0 Å². The van der Waals surface area contributed by atoms with Crippen LogP contribution >= 0.6 is 27.5 Å². The lowest BCUT2D eigenvalue weighted by Gasteiger charge is -2.15. The molecule has 3 aromatic rings. The zero-order chi connectivity index (χ0) is 19.0. The molecule has 3 aromatic carbocycles. The Balaban J connectivity index is 1.52. The Kier molecular flexibility index (Phi) is 4.81. The van der Waals surface area contributed by atoms with Crippen LogP contribution in [0.15, 0.2) is 65.1 Å². The van der Waals surface area contributed by atoms with Gasteiger partial charge in [0.25, 0.3) is 0 Å². The molecule has 4 nitrogen and oxygen atoms in total. The molecule has 0 fully saturated rings. The maximum absolute atomic E-state index is 12.3. The molecule has 136 valence electrons. The number of phenols is 1. The predicted molar refractivity (Wildman–Crippen MR) is 110 cm³/mol. The topological polar surface area (TPSA) is 58.6 Å². The van der Waals surface area contributed by atoms with Crippen molar-refractivity contribution in [3.05, 3.63) is 81.3 Å². The highest BCUT2D eigenvalue weighted by atomic mass is 79.9. The number of amides is 1. The van der Waals surface area contributed by atoms with Gasteiger partial charge in [0.1, 0.15) is 6.61 Å². The number of hydrogen-bond acceptors (Lipinski definition) is 3. The van der Waals surface area contributed by atoms with Crippen molar-refractivity contribution < 1.29 is 14.6 Å². The fraction of sp³-hybridized carbons (Fsp3) is 0.0952. The van der Waals surface area contributed by atoms with Crippen molar-refractivity contribution in [2.24, 2.45) is 0 Å². The zero-order valence-electron chi connectivity index (χ0n) is 14.1. The molecule has 0 aliphatic heterocycles. The Hall–Kier alpha value is -2.50. The summed E-state index contributed by atoms with van der Waals surface area (Å²) in [6.07, 6.45) is -0.652. The summed E-state index contributed by atoms with van der Waals surface area (Å²) < 4.78 is 5.85. The molecule has 0 aromatic heterocycles. The molecule has 0 saturated heterocycles. The predicted octanol–water partition coefficient (Wildman–Crippen LogP) is 6.17. The van der Waals surface area contributed by atoms with Gasteiger partial charge in [-0.3, -0.25) is 5.32 Å². The quantitative estimate of drug-likeness (QED) is 0.475. The fourth-order valence-corrected chi connectivity index (χ4v) is 4.22. The Morgan fingerprint density at radius 3 is 2.30 bits per heavy atom. The van der Waals surface area contributed by atoms with Crippen LogP contribution in [0.2, 0.25) is 5.02 Å². The summed E-state index contributed by atoms with van der Waals surface area (Å²) in [6.45, 7) is 0.197. The zero-order valence-corrected chi connectivity index (χ0v) is 16.4. The average molecular weight is 445 g/mol. The lowest BCUT2D eigenvalue weighted by Crippen LogP contribution is -2.18. The molecular weight excluding hydrogens is 430 g/mol. The molecule has 2 N–H and O–H groups in total. The molecule has 27 heavy (non-hydrogen) atoms. The summed E-state index contributed by atoms with van der Waals surface area (Å²) in [7, 11) is 0. The molecule has 1 aliphatic carbocycles. The van der Waals surface area contributed by atoms with Crippen molar-refractivity contribution in [1.82, 2.24) is 0 Å². The number of hydrogen-bond donors (Lipinski definition) is 2. The number of nitrogens with one attached hydrogen (secondary N) is 1. The molecular formula is C21H15BrClNO3. The molecule has 6 heteroatoms. The Morgan fingerprint density at radius 1 is 1.07 bits per heavy atom. The summed E-state index contributed by atoms with van der Waals surface area (Å²) in [4.78, 5) is 12.3. The molecule has 0 bridgehead atoms. The summed E-state index contributed by atoms with van der Waals surface area (Å²) in [5, 5.41) is 13.0. The number of ether oxygens (including phenoxy) is 1. The number of carbonyl (C=O) groups is 1. The normalized spacial score (nSPS) is 12.4. The average Bonchev–Trinajstić information content (AvgIpc) is 2.98. The number of anilines is 1. The second-order valence-corrected chi connectivity index (χ2v) is 7.53. The van der Waals surface area contributed by atoms with Gasteiger partial charge in [-0.25, -0.2) is 4.79 Å². The minimum absolute atomic E-state index is 0.0251. The van der Waals surface area contributed by atoms with Crippen molar-refractivity contribution in [1.29, 1.82) is 0 Å². The van der Waals surface area contributed by atoms with Crippen LogP contribution in [0, 0.1) is 0 Å². The van der Waals surface area contributed by atoms with Gasteiger partial charge in [-0.2, -0.15) is 0 Å². The first kappa shape index (κ1) is 17.9. The molecule has 0 spiro atoms. The Labute approximate surface area is 169 Å². The van der Waals surface area contributed by atoms with E-state index in [9.17, 15) is 9.90 Å². The van der Waals surface area contributed by atoms with Gasteiger partial charge in [-0.15, -0.1) is 0 Å². The van der Waals surface area contributed by atoms with Crippen molar-refractivity contribution in [3.8, 4) is 16.9 Å². The van der Waals surface area contributed by atoms with E-state index in [1.807, 2.05) is 24.3 Å². The van der Waals surface area contributed by atoms with E-state index in [1.165, 1.54) is 17.2 Å². The standard InChI is InChI=1S/C21H15BrClNO3/c22-18-9-12(23)10-19(20(18)25)24-21(26)27-11-17-15-7-3-1-5-13(15)14-6-2-4-8-16(14)17/h1-10,17,25H,11H2,(H,24,26). The van der Waals surface area contributed by atoms with Crippen molar-refractivity contribution in [2.75, 3.05) is 11.9 Å². The van der Waals surface area contributed by atoms with Crippen LogP contribution in [-0.4, -0.2) is 17.8 Å². The van der Waals surface area contributed by atoms with E-state index < -0.39 is 6.09 Å². The number of phenolic OH excluding ortho intramolecular Hbond substituents is 1. The molecule has 1 amide bonds. The van der Waals surface area contributed by atoms with Crippen molar-refractivity contribution >= 4 is 39.3 Å². The van der Waals surface area contributed by atoms with Crippen molar-refractivity contribution in [2.45, 2.75) is 5.92 Å². The summed E-state index contributed by atoms with van der Waals surface area (Å²) >= 11 is 9.15. The number of carbonyl (C=O) groups excluding carboxylic acids is 1. The molecule has 1 aliphatic rings. The largest absolute Gasteiger partial charge is 0.505 e. The molecule has 0 heterocycles. The number of aromatic hydroxyl groups is 1. The third kappa shape index (κ3) is 3.40. The molecule has 0 atom stereocenters. The minimum Gasteiger partial charge on any atom is -0.505 e. The van der Waals surface area contributed by atoms with Crippen LogP contribution in [0.4, 0.5) is 10.5 Å². The van der Waals surface area contributed by atoms with Gasteiger partial charge in [-0.05, 0) is 50.3 Å². The monoisotopic (exact) mass is 443 g/mol. The Bertz CT molecular complexity index is 992. The van der Waals surface area contributed by atoms with Crippen LogP contribution in [0.1, 0.15) is 17.0 Å². The van der Waals surface area contributed by atoms with Crippen LogP contribution in [0.25, 0.3) is 11.1 Å². The van der Waals surface area contributed by atoms with Gasteiger partial charge in [0.2, 0.25) is 0 Å². The van der Waals surface area contributed by atoms with Gasteiger partial charge in [-0.1, -0.05) is 60.1 Å². The molecule has 0 radical (unpaired) electrons. The van der Waals surface area contributed by atoms with E-state index in [4.69, 9.17) is 16.3 Å². The molecule has 4 rings (SSSR count). The van der Waals surface area contributed by atoms with Crippen molar-refractivity contribution in [3.63, 3.8) is 0 Å². The summed E-state index contributed by atoms with van der Waals surface area (Å²) in [5.74, 6) is -0.129.